The predicted molar refractivity (Wildman–Crippen MR) is 78.2 cm³/mol. The number of anilines is 1. The van der Waals surface area contributed by atoms with Gasteiger partial charge in [-0.25, -0.2) is 4.39 Å². The average Bonchev–Trinajstić information content (AvgIpc) is 2.89. The number of halogens is 1. The van der Waals surface area contributed by atoms with Gasteiger partial charge in [0, 0.05) is 30.1 Å². The zero-order valence-electron chi connectivity index (χ0n) is 11.1. The highest BCUT2D eigenvalue weighted by Crippen LogP contribution is 2.22. The van der Waals surface area contributed by atoms with Gasteiger partial charge in [-0.15, -0.1) is 11.3 Å². The van der Waals surface area contributed by atoms with E-state index in [9.17, 15) is 4.39 Å². The van der Waals surface area contributed by atoms with E-state index in [0.717, 1.165) is 12.1 Å². The first-order valence-electron chi connectivity index (χ1n) is 6.25. The van der Waals surface area contributed by atoms with Gasteiger partial charge in [0.05, 0.1) is 6.61 Å². The minimum absolute atomic E-state index is 0.141. The van der Waals surface area contributed by atoms with E-state index in [1.54, 1.807) is 11.3 Å². The molecule has 1 heterocycles. The van der Waals surface area contributed by atoms with Crippen LogP contribution in [0.25, 0.3) is 0 Å². The van der Waals surface area contributed by atoms with Crippen molar-refractivity contribution < 1.29 is 9.50 Å². The summed E-state index contributed by atoms with van der Waals surface area (Å²) >= 11 is 1.73. The Hall–Kier alpha value is -1.39. The number of hydrogen-bond acceptors (Lipinski definition) is 3. The van der Waals surface area contributed by atoms with Gasteiger partial charge in [0.25, 0.3) is 0 Å². The second-order valence-electron chi connectivity index (χ2n) is 4.72. The van der Waals surface area contributed by atoms with Gasteiger partial charge < -0.3 is 10.0 Å². The number of likely N-dealkylation sites (N-methyl/N-ethyl adjacent to an activating group) is 1. The quantitative estimate of drug-likeness (QED) is 0.906. The molecule has 0 bridgehead atoms. The maximum atomic E-state index is 13.5. The van der Waals surface area contributed by atoms with E-state index in [4.69, 9.17) is 5.11 Å². The number of nitrogens with zero attached hydrogens (tertiary/aromatic N) is 1. The average molecular weight is 279 g/mol. The van der Waals surface area contributed by atoms with E-state index in [1.165, 1.54) is 17.0 Å². The molecule has 0 aliphatic carbocycles. The van der Waals surface area contributed by atoms with Gasteiger partial charge in [0.1, 0.15) is 5.82 Å². The third-order valence-electron chi connectivity index (χ3n) is 3.27. The fourth-order valence-electron chi connectivity index (χ4n) is 2.04. The third kappa shape index (κ3) is 3.55. The number of aliphatic hydroxyl groups is 1. The molecule has 0 aliphatic heterocycles. The van der Waals surface area contributed by atoms with Gasteiger partial charge in [0.2, 0.25) is 0 Å². The summed E-state index contributed by atoms with van der Waals surface area (Å²) in [4.78, 5) is 3.36. The Balaban J connectivity index is 2.14. The van der Waals surface area contributed by atoms with Gasteiger partial charge in [-0.3, -0.25) is 0 Å². The van der Waals surface area contributed by atoms with Crippen LogP contribution in [0.3, 0.4) is 0 Å². The fourth-order valence-corrected chi connectivity index (χ4v) is 2.87. The topological polar surface area (TPSA) is 23.5 Å². The highest BCUT2D eigenvalue weighted by atomic mass is 32.1. The minimum Gasteiger partial charge on any atom is -0.392 e. The number of hydrogen-bond donors (Lipinski definition) is 1. The van der Waals surface area contributed by atoms with Crippen molar-refractivity contribution >= 4 is 17.0 Å². The van der Waals surface area contributed by atoms with Gasteiger partial charge in [-0.2, -0.15) is 0 Å². The second-order valence-corrected chi connectivity index (χ2v) is 5.75. The second kappa shape index (κ2) is 6.17. The summed E-state index contributed by atoms with van der Waals surface area (Å²) in [6.07, 6.45) is 0.930. The minimum atomic E-state index is -0.309. The monoisotopic (exact) mass is 279 g/mol. The third-order valence-corrected chi connectivity index (χ3v) is 4.17. The molecule has 1 aromatic carbocycles. The first-order valence-corrected chi connectivity index (χ1v) is 7.13. The van der Waals surface area contributed by atoms with Crippen LogP contribution in [0.2, 0.25) is 0 Å². The Labute approximate surface area is 117 Å². The standard InChI is InChI=1S/C15H18FNOS/c1-11(6-15-4-3-5-19-15)17(2)14-8-12(10-18)7-13(16)9-14/h3-5,7-9,11,18H,6,10H2,1-2H3. The van der Waals surface area contributed by atoms with Crippen LogP contribution in [0.5, 0.6) is 0 Å². The lowest BCUT2D eigenvalue weighted by atomic mass is 10.1. The molecule has 0 saturated carbocycles. The Morgan fingerprint density at radius 2 is 2.16 bits per heavy atom. The molecule has 1 aromatic heterocycles. The Kier molecular flexibility index (Phi) is 4.56. The molecular formula is C15H18FNOS. The summed E-state index contributed by atoms with van der Waals surface area (Å²) in [6, 6.07) is 9.12. The van der Waals surface area contributed by atoms with E-state index in [0.29, 0.717) is 5.56 Å². The van der Waals surface area contributed by atoms with E-state index < -0.39 is 0 Å². The Morgan fingerprint density at radius 1 is 1.37 bits per heavy atom. The summed E-state index contributed by atoms with van der Waals surface area (Å²) < 4.78 is 13.5. The van der Waals surface area contributed by atoms with Crippen molar-refractivity contribution in [1.29, 1.82) is 0 Å². The number of rotatable bonds is 5. The Morgan fingerprint density at radius 3 is 2.79 bits per heavy atom. The first-order chi connectivity index (χ1) is 9.10. The van der Waals surface area contributed by atoms with Crippen LogP contribution in [0, 0.1) is 5.82 Å². The number of thiophene rings is 1. The van der Waals surface area contributed by atoms with E-state index >= 15 is 0 Å². The molecule has 0 radical (unpaired) electrons. The van der Waals surface area contributed by atoms with E-state index in [1.807, 2.05) is 24.1 Å². The van der Waals surface area contributed by atoms with Crippen molar-refractivity contribution in [2.24, 2.45) is 0 Å². The van der Waals surface area contributed by atoms with Crippen LogP contribution in [0.1, 0.15) is 17.4 Å². The SMILES string of the molecule is CC(Cc1cccs1)N(C)c1cc(F)cc(CO)c1. The normalized spacial score (nSPS) is 12.4. The van der Waals surface area contributed by atoms with Crippen molar-refractivity contribution in [2.75, 3.05) is 11.9 Å². The molecule has 1 N–H and O–H groups in total. The molecular weight excluding hydrogens is 261 g/mol. The summed E-state index contributed by atoms with van der Waals surface area (Å²) in [6.45, 7) is 1.97. The number of aliphatic hydroxyl groups excluding tert-OH is 1. The summed E-state index contributed by atoms with van der Waals surface area (Å²) in [5, 5.41) is 11.2. The largest absolute Gasteiger partial charge is 0.392 e. The molecule has 2 nitrogen and oxygen atoms in total. The molecule has 0 aliphatic rings. The maximum Gasteiger partial charge on any atom is 0.125 e. The Bertz CT molecular complexity index is 527. The summed E-state index contributed by atoms with van der Waals surface area (Å²) in [7, 11) is 1.95. The maximum absolute atomic E-state index is 13.5. The van der Waals surface area contributed by atoms with Crippen LogP contribution in [0.4, 0.5) is 10.1 Å². The van der Waals surface area contributed by atoms with E-state index in [2.05, 4.69) is 18.4 Å². The van der Waals surface area contributed by atoms with Crippen molar-refractivity contribution in [3.63, 3.8) is 0 Å². The van der Waals surface area contributed by atoms with Crippen molar-refractivity contribution in [2.45, 2.75) is 26.0 Å². The van der Waals surface area contributed by atoms with E-state index in [-0.39, 0.29) is 18.5 Å². The van der Waals surface area contributed by atoms with Gasteiger partial charge in [-0.1, -0.05) is 6.07 Å². The first kappa shape index (κ1) is 14.0. The summed E-state index contributed by atoms with van der Waals surface area (Å²) in [5.74, 6) is -0.309. The molecule has 2 aromatic rings. The molecule has 0 fully saturated rings. The highest BCUT2D eigenvalue weighted by Gasteiger charge is 2.13. The molecule has 4 heteroatoms. The molecule has 2 rings (SSSR count). The lowest BCUT2D eigenvalue weighted by Crippen LogP contribution is -2.30. The van der Waals surface area contributed by atoms with Gasteiger partial charge in [-0.05, 0) is 42.1 Å². The van der Waals surface area contributed by atoms with Gasteiger partial charge in [0.15, 0.2) is 0 Å². The zero-order valence-corrected chi connectivity index (χ0v) is 12.0. The van der Waals surface area contributed by atoms with Crippen LogP contribution in [-0.2, 0) is 13.0 Å². The number of benzene rings is 1. The smallest absolute Gasteiger partial charge is 0.125 e. The van der Waals surface area contributed by atoms with Gasteiger partial charge >= 0.3 is 0 Å². The van der Waals surface area contributed by atoms with Crippen molar-refractivity contribution in [3.05, 3.63) is 52.0 Å². The van der Waals surface area contributed by atoms with Crippen LogP contribution < -0.4 is 4.90 Å². The van der Waals surface area contributed by atoms with Crippen LogP contribution in [0.15, 0.2) is 35.7 Å². The molecule has 0 saturated heterocycles. The van der Waals surface area contributed by atoms with Crippen LogP contribution >= 0.6 is 11.3 Å². The summed E-state index contributed by atoms with van der Waals surface area (Å²) in [5.41, 5.74) is 1.40. The van der Waals surface area contributed by atoms with Crippen LogP contribution in [-0.4, -0.2) is 18.2 Å². The molecule has 19 heavy (non-hydrogen) atoms. The molecule has 0 spiro atoms. The molecule has 0 amide bonds. The lowest BCUT2D eigenvalue weighted by molar-refractivity contribution is 0.281. The molecule has 102 valence electrons. The fraction of sp³-hybridized carbons (Fsp3) is 0.333. The molecule has 1 unspecified atom stereocenters. The predicted octanol–water partition coefficient (Wildman–Crippen LogP) is 3.45. The van der Waals surface area contributed by atoms with Crippen molar-refractivity contribution in [1.82, 2.24) is 0 Å². The zero-order chi connectivity index (χ0) is 13.8. The lowest BCUT2D eigenvalue weighted by Gasteiger charge is -2.27. The van der Waals surface area contributed by atoms with Crippen molar-refractivity contribution in [3.8, 4) is 0 Å². The highest BCUT2D eigenvalue weighted by molar-refractivity contribution is 7.09. The molecule has 1 atom stereocenters.